The molecule has 102 valence electrons. The van der Waals surface area contributed by atoms with Gasteiger partial charge in [0.2, 0.25) is 5.91 Å². The summed E-state index contributed by atoms with van der Waals surface area (Å²) in [6, 6.07) is 4.08. The van der Waals surface area contributed by atoms with Gasteiger partial charge in [-0.2, -0.15) is 10.4 Å². The lowest BCUT2D eigenvalue weighted by atomic mass is 9.81. The van der Waals surface area contributed by atoms with E-state index in [-0.39, 0.29) is 5.91 Å². The number of aryl methyl sites for hydroxylation is 2. The average Bonchev–Trinajstić information content (AvgIpc) is 2.59. The predicted octanol–water partition coefficient (Wildman–Crippen LogP) is 2.53. The number of aromatic nitrogens is 2. The van der Waals surface area contributed by atoms with Crippen LogP contribution in [0.4, 0.5) is 5.82 Å². The predicted molar refractivity (Wildman–Crippen MR) is 72.3 cm³/mol. The summed E-state index contributed by atoms with van der Waals surface area (Å²) >= 11 is 0. The number of nitrogens with one attached hydrogen (secondary N) is 1. The maximum absolute atomic E-state index is 12.5. The topological polar surface area (TPSA) is 70.7 Å². The molecule has 1 aromatic heterocycles. The van der Waals surface area contributed by atoms with Gasteiger partial charge >= 0.3 is 0 Å². The lowest BCUT2D eigenvalue weighted by Crippen LogP contribution is -2.35. The highest BCUT2D eigenvalue weighted by Crippen LogP contribution is 2.35. The fourth-order valence-electron chi connectivity index (χ4n) is 2.69. The molecule has 0 aliphatic heterocycles. The van der Waals surface area contributed by atoms with E-state index < -0.39 is 5.41 Å². The van der Waals surface area contributed by atoms with Crippen LogP contribution >= 0.6 is 0 Å². The van der Waals surface area contributed by atoms with Crippen LogP contribution in [-0.4, -0.2) is 15.7 Å². The summed E-state index contributed by atoms with van der Waals surface area (Å²) in [7, 11) is 1.79. The van der Waals surface area contributed by atoms with Crippen molar-refractivity contribution in [3.05, 3.63) is 11.8 Å². The van der Waals surface area contributed by atoms with Crippen molar-refractivity contribution in [1.82, 2.24) is 9.78 Å². The van der Waals surface area contributed by atoms with E-state index >= 15 is 0 Å². The van der Waals surface area contributed by atoms with Crippen molar-refractivity contribution >= 4 is 11.7 Å². The molecule has 0 bridgehead atoms. The number of carbonyl (C=O) groups is 1. The number of hydrogen-bond acceptors (Lipinski definition) is 3. The van der Waals surface area contributed by atoms with Crippen molar-refractivity contribution < 1.29 is 4.79 Å². The first kappa shape index (κ1) is 13.6. The number of rotatable bonds is 2. The number of hydrogen-bond donors (Lipinski definition) is 1. The highest BCUT2D eigenvalue weighted by Gasteiger charge is 2.39. The maximum Gasteiger partial charge on any atom is 0.245 e. The molecular weight excluding hydrogens is 240 g/mol. The summed E-state index contributed by atoms with van der Waals surface area (Å²) in [5.41, 5.74) is -0.0148. The van der Waals surface area contributed by atoms with E-state index in [4.69, 9.17) is 0 Å². The van der Waals surface area contributed by atoms with E-state index in [1.807, 2.05) is 13.0 Å². The van der Waals surface area contributed by atoms with Crippen LogP contribution in [0.15, 0.2) is 6.07 Å². The van der Waals surface area contributed by atoms with Crippen LogP contribution in [0.3, 0.4) is 0 Å². The van der Waals surface area contributed by atoms with Gasteiger partial charge in [-0.1, -0.05) is 25.7 Å². The van der Waals surface area contributed by atoms with Crippen molar-refractivity contribution in [2.45, 2.75) is 45.4 Å². The number of nitriles is 1. The van der Waals surface area contributed by atoms with Crippen LogP contribution in [0, 0.1) is 23.7 Å². The molecule has 5 heteroatoms. The Bertz CT molecular complexity index is 504. The van der Waals surface area contributed by atoms with Crippen molar-refractivity contribution in [3.8, 4) is 6.07 Å². The van der Waals surface area contributed by atoms with Crippen LogP contribution in [-0.2, 0) is 11.8 Å². The lowest BCUT2D eigenvalue weighted by Gasteiger charge is -2.23. The van der Waals surface area contributed by atoms with E-state index in [1.54, 1.807) is 11.7 Å². The molecule has 1 amide bonds. The standard InChI is InChI=1S/C14H20N4O/c1-11-9-12(18(2)17-11)16-13(19)14(10-15)7-5-3-4-6-8-14/h9H,3-8H2,1-2H3,(H,16,19). The van der Waals surface area contributed by atoms with Gasteiger partial charge in [0.05, 0.1) is 11.8 Å². The molecule has 1 N–H and O–H groups in total. The Balaban J connectivity index is 2.17. The molecule has 0 atom stereocenters. The van der Waals surface area contributed by atoms with Gasteiger partial charge in [-0.25, -0.2) is 0 Å². The number of nitrogens with zero attached hydrogens (tertiary/aromatic N) is 3. The van der Waals surface area contributed by atoms with Crippen LogP contribution < -0.4 is 5.32 Å². The molecule has 1 fully saturated rings. The summed E-state index contributed by atoms with van der Waals surface area (Å²) in [6.45, 7) is 1.88. The zero-order valence-corrected chi connectivity index (χ0v) is 11.6. The first-order valence-corrected chi connectivity index (χ1v) is 6.81. The van der Waals surface area contributed by atoms with Crippen molar-refractivity contribution in [1.29, 1.82) is 5.26 Å². The quantitative estimate of drug-likeness (QED) is 0.831. The van der Waals surface area contributed by atoms with Gasteiger partial charge in [-0.15, -0.1) is 0 Å². The Hall–Kier alpha value is -1.83. The third-order valence-electron chi connectivity index (χ3n) is 3.85. The van der Waals surface area contributed by atoms with Crippen LogP contribution in [0.25, 0.3) is 0 Å². The van der Waals surface area contributed by atoms with Gasteiger partial charge in [0.1, 0.15) is 11.2 Å². The molecule has 2 rings (SSSR count). The summed E-state index contributed by atoms with van der Waals surface area (Å²) in [6.07, 6.45) is 5.44. The van der Waals surface area contributed by atoms with E-state index in [0.29, 0.717) is 18.7 Å². The molecule has 0 radical (unpaired) electrons. The molecule has 19 heavy (non-hydrogen) atoms. The zero-order chi connectivity index (χ0) is 13.9. The molecule has 1 aromatic rings. The smallest absolute Gasteiger partial charge is 0.245 e. The molecule has 0 aromatic carbocycles. The minimum absolute atomic E-state index is 0.181. The third kappa shape index (κ3) is 2.78. The largest absolute Gasteiger partial charge is 0.310 e. The van der Waals surface area contributed by atoms with Crippen LogP contribution in [0.2, 0.25) is 0 Å². The highest BCUT2D eigenvalue weighted by atomic mass is 16.2. The normalized spacial score (nSPS) is 18.4. The fraction of sp³-hybridized carbons (Fsp3) is 0.643. The summed E-state index contributed by atoms with van der Waals surface area (Å²) in [4.78, 5) is 12.5. The summed E-state index contributed by atoms with van der Waals surface area (Å²) in [5.74, 6) is 0.473. The molecule has 0 saturated heterocycles. The Labute approximate surface area is 113 Å². The second-order valence-corrected chi connectivity index (χ2v) is 5.36. The van der Waals surface area contributed by atoms with E-state index in [0.717, 1.165) is 31.4 Å². The van der Waals surface area contributed by atoms with Crippen LogP contribution in [0.5, 0.6) is 0 Å². The highest BCUT2D eigenvalue weighted by molar-refractivity contribution is 5.96. The number of amides is 1. The molecule has 1 aliphatic rings. The van der Waals surface area contributed by atoms with Crippen LogP contribution in [0.1, 0.15) is 44.2 Å². The Kier molecular flexibility index (Phi) is 3.89. The average molecular weight is 260 g/mol. The SMILES string of the molecule is Cc1cc(NC(=O)C2(C#N)CCCCCC2)n(C)n1. The zero-order valence-electron chi connectivity index (χ0n) is 11.6. The van der Waals surface area contributed by atoms with Gasteiger partial charge < -0.3 is 5.32 Å². The van der Waals surface area contributed by atoms with Crippen molar-refractivity contribution in [2.24, 2.45) is 12.5 Å². The number of anilines is 1. The second-order valence-electron chi connectivity index (χ2n) is 5.36. The van der Waals surface area contributed by atoms with E-state index in [2.05, 4.69) is 16.5 Å². The van der Waals surface area contributed by atoms with Gasteiger partial charge in [0.15, 0.2) is 0 Å². The Morgan fingerprint density at radius 3 is 2.53 bits per heavy atom. The first-order chi connectivity index (χ1) is 9.07. The third-order valence-corrected chi connectivity index (χ3v) is 3.85. The molecule has 1 heterocycles. The second kappa shape index (κ2) is 5.43. The van der Waals surface area contributed by atoms with Crippen molar-refractivity contribution in [2.75, 3.05) is 5.32 Å². The van der Waals surface area contributed by atoms with E-state index in [1.165, 1.54) is 0 Å². The lowest BCUT2D eigenvalue weighted by molar-refractivity contribution is -0.123. The minimum atomic E-state index is -0.866. The summed E-state index contributed by atoms with van der Waals surface area (Å²) < 4.78 is 1.63. The fourth-order valence-corrected chi connectivity index (χ4v) is 2.69. The van der Waals surface area contributed by atoms with Gasteiger partial charge in [-0.05, 0) is 19.8 Å². The molecule has 5 nitrogen and oxygen atoms in total. The molecule has 1 saturated carbocycles. The van der Waals surface area contributed by atoms with Gasteiger partial charge in [0, 0.05) is 13.1 Å². The molecule has 1 aliphatic carbocycles. The minimum Gasteiger partial charge on any atom is -0.310 e. The van der Waals surface area contributed by atoms with Gasteiger partial charge in [0.25, 0.3) is 0 Å². The molecular formula is C14H20N4O. The first-order valence-electron chi connectivity index (χ1n) is 6.81. The monoisotopic (exact) mass is 260 g/mol. The van der Waals surface area contributed by atoms with Crippen molar-refractivity contribution in [3.63, 3.8) is 0 Å². The summed E-state index contributed by atoms with van der Waals surface area (Å²) in [5, 5.41) is 16.5. The molecule has 0 unspecified atom stereocenters. The number of carbonyl (C=O) groups excluding carboxylic acids is 1. The Morgan fingerprint density at radius 2 is 2.05 bits per heavy atom. The molecule has 0 spiro atoms. The Morgan fingerprint density at radius 1 is 1.42 bits per heavy atom. The van der Waals surface area contributed by atoms with E-state index in [9.17, 15) is 10.1 Å². The maximum atomic E-state index is 12.5. The van der Waals surface area contributed by atoms with Gasteiger partial charge in [-0.3, -0.25) is 9.48 Å².